The Morgan fingerprint density at radius 3 is 2.50 bits per heavy atom. The van der Waals surface area contributed by atoms with Gasteiger partial charge in [0.25, 0.3) is 0 Å². The lowest BCUT2D eigenvalue weighted by molar-refractivity contribution is 0.0733. The largest absolute Gasteiger partial charge is 0.422 e. The number of rotatable bonds is 4. The molecule has 0 bridgehead atoms. The average Bonchev–Trinajstić information content (AvgIpc) is 2.61. The van der Waals surface area contributed by atoms with Crippen LogP contribution in [0.3, 0.4) is 0 Å². The van der Waals surface area contributed by atoms with Gasteiger partial charge in [-0.05, 0) is 48.9 Å². The molecule has 2 N–H and O–H groups in total. The first-order chi connectivity index (χ1) is 12.4. The van der Waals surface area contributed by atoms with Crippen LogP contribution in [-0.2, 0) is 0 Å². The van der Waals surface area contributed by atoms with Crippen molar-refractivity contribution in [3.8, 4) is 5.75 Å². The Labute approximate surface area is 153 Å². The van der Waals surface area contributed by atoms with Gasteiger partial charge in [-0.3, -0.25) is 4.79 Å². The fraction of sp³-hybridized carbons (Fsp3) is 0.105. The standard InChI is InChI=1S/C19H14ClNO5/c1-10-8-16(23)26-18-13(10)6-7-15(17(18)14(22)9-21)25-19(24)11-2-4-12(20)5-3-11/h2-8H,9,21H2,1H3. The summed E-state index contributed by atoms with van der Waals surface area (Å²) < 4.78 is 10.6. The maximum atomic E-state index is 12.4. The molecule has 3 rings (SSSR count). The summed E-state index contributed by atoms with van der Waals surface area (Å²) in [5.41, 5.74) is 5.77. The zero-order valence-electron chi connectivity index (χ0n) is 13.7. The number of nitrogens with two attached hydrogens (primary N) is 1. The number of halogens is 1. The van der Waals surface area contributed by atoms with Crippen LogP contribution >= 0.6 is 11.6 Å². The molecule has 2 aromatic carbocycles. The highest BCUT2D eigenvalue weighted by molar-refractivity contribution is 6.30. The third kappa shape index (κ3) is 3.37. The SMILES string of the molecule is Cc1cc(=O)oc2c(C(=O)CN)c(OC(=O)c3ccc(Cl)cc3)ccc12. The van der Waals surface area contributed by atoms with Gasteiger partial charge in [0, 0.05) is 16.5 Å². The molecule has 0 aliphatic heterocycles. The molecule has 0 aliphatic carbocycles. The van der Waals surface area contributed by atoms with Crippen molar-refractivity contribution < 1.29 is 18.7 Å². The molecule has 7 heteroatoms. The van der Waals surface area contributed by atoms with Gasteiger partial charge in [0.1, 0.15) is 11.3 Å². The Kier molecular flexibility index (Phi) is 4.88. The quantitative estimate of drug-likeness (QED) is 0.327. The highest BCUT2D eigenvalue weighted by Crippen LogP contribution is 2.30. The lowest BCUT2D eigenvalue weighted by Crippen LogP contribution is -2.18. The van der Waals surface area contributed by atoms with Crippen molar-refractivity contribution in [3.63, 3.8) is 0 Å². The molecule has 0 unspecified atom stereocenters. The molecule has 0 radical (unpaired) electrons. The van der Waals surface area contributed by atoms with E-state index in [2.05, 4.69) is 0 Å². The second-order valence-corrected chi connectivity index (χ2v) is 6.02. The molecule has 0 aliphatic rings. The smallest absolute Gasteiger partial charge is 0.343 e. The summed E-state index contributed by atoms with van der Waals surface area (Å²) in [5.74, 6) is -1.22. The highest BCUT2D eigenvalue weighted by Gasteiger charge is 2.21. The van der Waals surface area contributed by atoms with Gasteiger partial charge in [0.05, 0.1) is 12.1 Å². The summed E-state index contributed by atoms with van der Waals surface area (Å²) in [4.78, 5) is 36.4. The van der Waals surface area contributed by atoms with Gasteiger partial charge in [0.15, 0.2) is 11.4 Å². The molecule has 3 aromatic rings. The fourth-order valence-electron chi connectivity index (χ4n) is 2.56. The lowest BCUT2D eigenvalue weighted by Gasteiger charge is -2.12. The first kappa shape index (κ1) is 17.8. The number of esters is 1. The Hall–Kier alpha value is -2.96. The van der Waals surface area contributed by atoms with Crippen LogP contribution in [0.15, 0.2) is 51.7 Å². The number of ether oxygens (including phenoxy) is 1. The van der Waals surface area contributed by atoms with Crippen molar-refractivity contribution in [3.05, 3.63) is 74.6 Å². The van der Waals surface area contributed by atoms with Crippen LogP contribution < -0.4 is 16.1 Å². The number of ketones is 1. The summed E-state index contributed by atoms with van der Waals surface area (Å²) in [7, 11) is 0. The maximum absolute atomic E-state index is 12.4. The summed E-state index contributed by atoms with van der Waals surface area (Å²) >= 11 is 5.80. The van der Waals surface area contributed by atoms with Crippen molar-refractivity contribution in [1.82, 2.24) is 0 Å². The molecule has 26 heavy (non-hydrogen) atoms. The summed E-state index contributed by atoms with van der Waals surface area (Å²) in [5, 5.41) is 1.04. The minimum absolute atomic E-state index is 0.0262. The Balaban J connectivity index is 2.13. The Morgan fingerprint density at radius 2 is 1.85 bits per heavy atom. The van der Waals surface area contributed by atoms with Gasteiger partial charge in [-0.15, -0.1) is 0 Å². The molecular weight excluding hydrogens is 358 g/mol. The van der Waals surface area contributed by atoms with Crippen molar-refractivity contribution in [2.45, 2.75) is 6.92 Å². The number of fused-ring (bicyclic) bond motifs is 1. The van der Waals surface area contributed by atoms with Crippen LogP contribution in [0.25, 0.3) is 11.0 Å². The second-order valence-electron chi connectivity index (χ2n) is 5.59. The van der Waals surface area contributed by atoms with Crippen molar-refractivity contribution in [1.29, 1.82) is 0 Å². The monoisotopic (exact) mass is 371 g/mol. The van der Waals surface area contributed by atoms with Gasteiger partial charge < -0.3 is 14.9 Å². The van der Waals surface area contributed by atoms with Crippen molar-refractivity contribution in [2.75, 3.05) is 6.54 Å². The van der Waals surface area contributed by atoms with Crippen molar-refractivity contribution >= 4 is 34.3 Å². The topological polar surface area (TPSA) is 99.6 Å². The van der Waals surface area contributed by atoms with Crippen molar-refractivity contribution in [2.24, 2.45) is 5.73 Å². The molecule has 0 saturated carbocycles. The van der Waals surface area contributed by atoms with E-state index in [9.17, 15) is 14.4 Å². The third-order valence-electron chi connectivity index (χ3n) is 3.83. The number of hydrogen-bond donors (Lipinski definition) is 1. The highest BCUT2D eigenvalue weighted by atomic mass is 35.5. The van der Waals surface area contributed by atoms with Gasteiger partial charge >= 0.3 is 11.6 Å². The number of Topliss-reactive ketones (excluding diaryl/α,β-unsaturated/α-hetero) is 1. The van der Waals surface area contributed by atoms with Gasteiger partial charge in [-0.2, -0.15) is 0 Å². The Morgan fingerprint density at radius 1 is 1.15 bits per heavy atom. The van der Waals surface area contributed by atoms with E-state index < -0.39 is 17.4 Å². The zero-order valence-corrected chi connectivity index (χ0v) is 14.5. The molecule has 0 amide bonds. The molecule has 0 spiro atoms. The minimum atomic E-state index is -0.679. The molecular formula is C19H14ClNO5. The summed E-state index contributed by atoms with van der Waals surface area (Å²) in [6.07, 6.45) is 0. The normalized spacial score (nSPS) is 10.7. The van der Waals surface area contributed by atoms with E-state index in [0.29, 0.717) is 16.0 Å². The van der Waals surface area contributed by atoms with Gasteiger partial charge in [0.2, 0.25) is 0 Å². The lowest BCUT2D eigenvalue weighted by atomic mass is 10.0. The number of carbonyl (C=O) groups is 2. The van der Waals surface area contributed by atoms with E-state index in [1.807, 2.05) is 0 Å². The summed E-state index contributed by atoms with van der Waals surface area (Å²) in [6.45, 7) is 1.39. The number of carbonyl (C=O) groups excluding carboxylic acids is 2. The van der Waals surface area contributed by atoms with Gasteiger partial charge in [-0.25, -0.2) is 9.59 Å². The van der Waals surface area contributed by atoms with Crippen LogP contribution in [0.4, 0.5) is 0 Å². The predicted octanol–water partition coefficient (Wildman–Crippen LogP) is 3.12. The summed E-state index contributed by atoms with van der Waals surface area (Å²) in [6, 6.07) is 10.5. The molecule has 0 saturated heterocycles. The van der Waals surface area contributed by atoms with E-state index in [4.69, 9.17) is 26.5 Å². The first-order valence-corrected chi connectivity index (χ1v) is 8.07. The molecule has 0 fully saturated rings. The molecule has 0 atom stereocenters. The maximum Gasteiger partial charge on any atom is 0.343 e. The minimum Gasteiger partial charge on any atom is -0.422 e. The predicted molar refractivity (Wildman–Crippen MR) is 97.0 cm³/mol. The van der Waals surface area contributed by atoms with E-state index >= 15 is 0 Å². The van der Waals surface area contributed by atoms with Crippen LogP contribution in [0.1, 0.15) is 26.3 Å². The molecule has 6 nitrogen and oxygen atoms in total. The number of aryl methyl sites for hydroxylation is 1. The fourth-order valence-corrected chi connectivity index (χ4v) is 2.69. The second kappa shape index (κ2) is 7.11. The zero-order chi connectivity index (χ0) is 18.8. The number of hydrogen-bond acceptors (Lipinski definition) is 6. The van der Waals surface area contributed by atoms with Gasteiger partial charge in [-0.1, -0.05) is 11.6 Å². The Bertz CT molecular complexity index is 1070. The average molecular weight is 372 g/mol. The third-order valence-corrected chi connectivity index (χ3v) is 4.08. The first-order valence-electron chi connectivity index (χ1n) is 7.69. The molecule has 1 heterocycles. The van der Waals surface area contributed by atoms with E-state index in [-0.39, 0.29) is 29.0 Å². The molecule has 1 aromatic heterocycles. The van der Waals surface area contributed by atoms with E-state index in [1.54, 1.807) is 25.1 Å². The van der Waals surface area contributed by atoms with E-state index in [1.165, 1.54) is 24.3 Å². The number of benzene rings is 2. The van der Waals surface area contributed by atoms with Crippen LogP contribution in [-0.4, -0.2) is 18.3 Å². The van der Waals surface area contributed by atoms with Crippen LogP contribution in [0.5, 0.6) is 5.75 Å². The van der Waals surface area contributed by atoms with Crippen LogP contribution in [0, 0.1) is 6.92 Å². The van der Waals surface area contributed by atoms with E-state index in [0.717, 1.165) is 0 Å². The van der Waals surface area contributed by atoms with Crippen LogP contribution in [0.2, 0.25) is 5.02 Å². The molecule has 132 valence electrons.